The van der Waals surface area contributed by atoms with E-state index in [0.29, 0.717) is 50.3 Å². The van der Waals surface area contributed by atoms with Crippen molar-refractivity contribution in [3.63, 3.8) is 0 Å². The molecule has 390 valence electrons. The molecule has 0 unspecified atom stereocenters. The molecule has 0 atom stereocenters. The molecule has 0 radical (unpaired) electrons. The highest BCUT2D eigenvalue weighted by atomic mass is 19.4. The maximum Gasteiger partial charge on any atom is 0.416 e. The van der Waals surface area contributed by atoms with Gasteiger partial charge in [0.2, 0.25) is 0 Å². The molecule has 0 saturated heterocycles. The van der Waals surface area contributed by atoms with E-state index >= 15 is 0 Å². The molecule has 13 rings (SSSR count). The first-order valence-corrected chi connectivity index (χ1v) is 26.5. The van der Waals surface area contributed by atoms with Crippen molar-refractivity contribution in [2.24, 2.45) is 0 Å². The molecule has 0 fully saturated rings. The second kappa shape index (κ2) is 20.4. The van der Waals surface area contributed by atoms with Crippen molar-refractivity contribution in [1.29, 1.82) is 31.6 Å². The molecule has 84 heavy (non-hydrogen) atoms. The van der Waals surface area contributed by atoms with Gasteiger partial charge in [0.25, 0.3) is 0 Å². The van der Waals surface area contributed by atoms with Crippen molar-refractivity contribution in [3.05, 3.63) is 263 Å². The van der Waals surface area contributed by atoms with Gasteiger partial charge in [0.15, 0.2) is 0 Å². The number of alkyl halides is 3. The maximum atomic E-state index is 14.4. The number of rotatable bonds is 8. The largest absolute Gasteiger partial charge is 0.416 e. The molecule has 0 saturated carbocycles. The molecule has 0 aliphatic carbocycles. The Bertz CT molecular complexity index is 5000. The monoisotopic (exact) mass is 1080 g/mol. The number of halogens is 3. The maximum absolute atomic E-state index is 14.4. The number of nitrogens with zero attached hydrogens (tertiary/aromatic N) is 8. The molecule has 0 N–H and O–H groups in total. The molecule has 0 amide bonds. The van der Waals surface area contributed by atoms with Crippen LogP contribution in [0, 0.1) is 68.0 Å². The number of hydrogen-bond acceptors (Lipinski definition) is 6. The van der Waals surface area contributed by atoms with Gasteiger partial charge in [0.05, 0.1) is 103 Å². The molecule has 11 heteroatoms. The van der Waals surface area contributed by atoms with Gasteiger partial charge in [-0.2, -0.15) is 44.7 Å². The van der Waals surface area contributed by atoms with Gasteiger partial charge in [0.1, 0.15) is 0 Å². The van der Waals surface area contributed by atoms with Crippen LogP contribution in [0.15, 0.2) is 224 Å². The minimum Gasteiger partial charge on any atom is -0.309 e. The van der Waals surface area contributed by atoms with Gasteiger partial charge in [-0.05, 0) is 171 Å². The summed E-state index contributed by atoms with van der Waals surface area (Å²) in [6.07, 6.45) is -4.74. The fourth-order valence-electron chi connectivity index (χ4n) is 11.8. The third kappa shape index (κ3) is 8.52. The van der Waals surface area contributed by atoms with Crippen molar-refractivity contribution >= 4 is 43.6 Å². The number of hydrogen-bond donors (Lipinski definition) is 0. The van der Waals surface area contributed by atoms with Crippen LogP contribution >= 0.6 is 0 Å². The van der Waals surface area contributed by atoms with E-state index in [2.05, 4.69) is 45.5 Å². The predicted molar refractivity (Wildman–Crippen MR) is 321 cm³/mol. The van der Waals surface area contributed by atoms with Crippen LogP contribution < -0.4 is 0 Å². The molecule has 0 bridgehead atoms. The first-order valence-electron chi connectivity index (χ1n) is 26.5. The van der Waals surface area contributed by atoms with Crippen LogP contribution in [0.2, 0.25) is 0 Å². The summed E-state index contributed by atoms with van der Waals surface area (Å²) >= 11 is 0. The van der Waals surface area contributed by atoms with E-state index in [0.717, 1.165) is 100 Å². The van der Waals surface area contributed by atoms with Crippen molar-refractivity contribution < 1.29 is 13.2 Å². The number of nitriles is 6. The first-order chi connectivity index (χ1) is 41.0. The third-order valence-corrected chi connectivity index (χ3v) is 15.6. The highest BCUT2D eigenvalue weighted by Gasteiger charge is 2.32. The Labute approximate surface area is 479 Å². The average Bonchev–Trinajstić information content (AvgIpc) is 3.60. The SMILES string of the molecule is N#Cc1ccc(-n2c3ccc(-c4ccccc4C#N)cc3c3cc(-c4ccccc4C#N)ccc32)c(-c2cc(-n3c4ccc(-c5ccccc5C#N)cc4c4cc(-c5ccccc5C#N)ccc43)ccc2-c2ccc(C(F)(F)F)cc2C#N)c1. The summed E-state index contributed by atoms with van der Waals surface area (Å²) in [5, 5.41) is 65.6. The van der Waals surface area contributed by atoms with Crippen molar-refractivity contribution in [3.8, 4) is 115 Å². The minimum atomic E-state index is -4.74. The van der Waals surface area contributed by atoms with E-state index in [9.17, 15) is 44.7 Å². The van der Waals surface area contributed by atoms with Crippen molar-refractivity contribution in [2.75, 3.05) is 0 Å². The minimum absolute atomic E-state index is 0.212. The van der Waals surface area contributed by atoms with E-state index in [4.69, 9.17) is 0 Å². The van der Waals surface area contributed by atoms with Gasteiger partial charge < -0.3 is 9.13 Å². The lowest BCUT2D eigenvalue weighted by atomic mass is 9.89. The Balaban J connectivity index is 1.12. The van der Waals surface area contributed by atoms with Crippen LogP contribution in [-0.2, 0) is 6.18 Å². The molecule has 0 aliphatic rings. The highest BCUT2D eigenvalue weighted by molar-refractivity contribution is 6.14. The zero-order chi connectivity index (χ0) is 57.8. The normalized spacial score (nSPS) is 11.2. The predicted octanol–water partition coefficient (Wildman–Crippen LogP) is 18.1. The lowest BCUT2D eigenvalue weighted by Gasteiger charge is -2.20. The van der Waals surface area contributed by atoms with Crippen molar-refractivity contribution in [2.45, 2.75) is 6.18 Å². The van der Waals surface area contributed by atoms with E-state index in [1.165, 1.54) is 6.07 Å². The summed E-state index contributed by atoms with van der Waals surface area (Å²) in [5.41, 5.74) is 13.1. The molecular weight excluding hydrogens is 1050 g/mol. The summed E-state index contributed by atoms with van der Waals surface area (Å²) < 4.78 is 47.5. The quantitative estimate of drug-likeness (QED) is 0.148. The Hall–Kier alpha value is -12.3. The lowest BCUT2D eigenvalue weighted by Crippen LogP contribution is -2.06. The van der Waals surface area contributed by atoms with Gasteiger partial charge in [-0.3, -0.25) is 0 Å². The van der Waals surface area contributed by atoms with E-state index in [1.54, 1.807) is 42.5 Å². The van der Waals surface area contributed by atoms with Gasteiger partial charge in [-0.1, -0.05) is 109 Å². The van der Waals surface area contributed by atoms with Crippen LogP contribution in [-0.4, -0.2) is 9.13 Å². The molecule has 2 aromatic heterocycles. The Kier molecular flexibility index (Phi) is 12.5. The van der Waals surface area contributed by atoms with E-state index in [-0.39, 0.29) is 16.7 Å². The van der Waals surface area contributed by atoms with Crippen LogP contribution in [0.3, 0.4) is 0 Å². The second-order valence-electron chi connectivity index (χ2n) is 20.2. The Morgan fingerprint density at radius 2 is 0.679 bits per heavy atom. The van der Waals surface area contributed by atoms with Crippen LogP contribution in [0.5, 0.6) is 0 Å². The number of fused-ring (bicyclic) bond motifs is 6. The number of benzene rings is 11. The van der Waals surface area contributed by atoms with Crippen molar-refractivity contribution in [1.82, 2.24) is 9.13 Å². The second-order valence-corrected chi connectivity index (χ2v) is 20.2. The van der Waals surface area contributed by atoms with Gasteiger partial charge in [0, 0.05) is 38.4 Å². The molecule has 0 aliphatic heterocycles. The zero-order valence-corrected chi connectivity index (χ0v) is 44.1. The summed E-state index contributed by atoms with van der Waals surface area (Å²) in [4.78, 5) is 0. The van der Waals surface area contributed by atoms with Crippen LogP contribution in [0.1, 0.15) is 38.9 Å². The molecule has 0 spiro atoms. The molecule has 2 heterocycles. The van der Waals surface area contributed by atoms with Gasteiger partial charge in [-0.25, -0.2) is 0 Å². The first kappa shape index (κ1) is 51.2. The molecular formula is C73H37F3N8. The summed E-state index contributed by atoms with van der Waals surface area (Å²) in [5.74, 6) is 0. The van der Waals surface area contributed by atoms with Gasteiger partial charge >= 0.3 is 6.18 Å². The molecule has 8 nitrogen and oxygen atoms in total. The summed E-state index contributed by atoms with van der Waals surface area (Å²) in [7, 11) is 0. The van der Waals surface area contributed by atoms with E-state index in [1.807, 2.05) is 164 Å². The van der Waals surface area contributed by atoms with Gasteiger partial charge in [-0.15, -0.1) is 0 Å². The number of aromatic nitrogens is 2. The Morgan fingerprint density at radius 3 is 1.07 bits per heavy atom. The summed E-state index contributed by atoms with van der Waals surface area (Å²) in [6, 6.07) is 81.1. The zero-order valence-electron chi connectivity index (χ0n) is 44.1. The Morgan fingerprint density at radius 1 is 0.286 bits per heavy atom. The molecule has 13 aromatic rings. The standard InChI is InChI=1S/C73H37F3N8/c74-73(75,76)54-22-24-60(53(32-54)43-82)61-25-23-55(83-68-27-18-45(56-13-5-1-9-49(56)39-78)33-64(68)65-34-46(19-28-69(65)83)57-14-6-2-10-50(57)40-79)37-62(61)63-31-44(38-77)17-26-70(63)84-71-29-20-47(58-15-7-3-11-51(58)41-80)35-66(71)67-36-48(21-30-72(67)84)59-16-8-4-12-52(59)42-81/h1-37H. The lowest BCUT2D eigenvalue weighted by molar-refractivity contribution is -0.137. The van der Waals surface area contributed by atoms with E-state index < -0.39 is 11.7 Å². The van der Waals surface area contributed by atoms with Crippen LogP contribution in [0.25, 0.3) is 122 Å². The third-order valence-electron chi connectivity index (χ3n) is 15.6. The fraction of sp³-hybridized carbons (Fsp3) is 0.0137. The highest BCUT2D eigenvalue weighted by Crippen LogP contribution is 2.46. The smallest absolute Gasteiger partial charge is 0.309 e. The van der Waals surface area contributed by atoms with Crippen LogP contribution in [0.4, 0.5) is 13.2 Å². The average molecular weight is 1080 g/mol. The summed E-state index contributed by atoms with van der Waals surface area (Å²) in [6.45, 7) is 0. The topological polar surface area (TPSA) is 153 Å². The molecule has 11 aromatic carbocycles. The fourth-order valence-corrected chi connectivity index (χ4v) is 11.8.